The Morgan fingerprint density at radius 2 is 1.85 bits per heavy atom. The lowest BCUT2D eigenvalue weighted by atomic mass is 10.2. The van der Waals surface area contributed by atoms with Crippen molar-refractivity contribution in [3.63, 3.8) is 0 Å². The van der Waals surface area contributed by atoms with Gasteiger partial charge in [0.25, 0.3) is 0 Å². The Balaban J connectivity index is 1.92. The zero-order valence-corrected chi connectivity index (χ0v) is 12.2. The third-order valence-corrected chi connectivity index (χ3v) is 3.25. The lowest BCUT2D eigenvalue weighted by Crippen LogP contribution is -2.20. The van der Waals surface area contributed by atoms with Crippen molar-refractivity contribution < 1.29 is 4.79 Å². The minimum atomic E-state index is -0.167. The molecule has 1 amide bonds. The Kier molecular flexibility index (Phi) is 5.22. The first kappa shape index (κ1) is 14.6. The summed E-state index contributed by atoms with van der Waals surface area (Å²) in [4.78, 5) is 11.7. The van der Waals surface area contributed by atoms with Gasteiger partial charge in [-0.2, -0.15) is 0 Å². The summed E-state index contributed by atoms with van der Waals surface area (Å²) in [6.07, 6.45) is 3.12. The van der Waals surface area contributed by atoms with Gasteiger partial charge in [0.1, 0.15) is 0 Å². The molecule has 102 valence electrons. The quantitative estimate of drug-likeness (QED) is 0.837. The molecule has 0 saturated carbocycles. The SMILES string of the molecule is O=C(C=Cc1ccc(Cl)cc1Cl)NCc1ccccc1. The minimum Gasteiger partial charge on any atom is -0.348 e. The highest BCUT2D eigenvalue weighted by molar-refractivity contribution is 6.35. The number of carbonyl (C=O) groups excluding carboxylic acids is 1. The van der Waals surface area contributed by atoms with E-state index in [9.17, 15) is 4.79 Å². The number of amides is 1. The van der Waals surface area contributed by atoms with Crippen molar-refractivity contribution in [3.8, 4) is 0 Å². The fourth-order valence-corrected chi connectivity index (χ4v) is 2.12. The molecule has 2 nitrogen and oxygen atoms in total. The number of carbonyl (C=O) groups is 1. The molecular formula is C16H13Cl2NO. The van der Waals surface area contributed by atoms with Gasteiger partial charge >= 0.3 is 0 Å². The number of hydrogen-bond donors (Lipinski definition) is 1. The molecule has 20 heavy (non-hydrogen) atoms. The Bertz CT molecular complexity index is 624. The van der Waals surface area contributed by atoms with Crippen LogP contribution >= 0.6 is 23.2 Å². The van der Waals surface area contributed by atoms with Crippen LogP contribution in [-0.2, 0) is 11.3 Å². The molecule has 0 saturated heterocycles. The van der Waals surface area contributed by atoms with Gasteiger partial charge in [0, 0.05) is 22.7 Å². The minimum absolute atomic E-state index is 0.167. The Labute approximate surface area is 128 Å². The van der Waals surface area contributed by atoms with E-state index in [1.165, 1.54) is 6.08 Å². The van der Waals surface area contributed by atoms with Gasteiger partial charge in [-0.05, 0) is 29.3 Å². The van der Waals surface area contributed by atoms with E-state index in [0.29, 0.717) is 16.6 Å². The Hall–Kier alpha value is -1.77. The smallest absolute Gasteiger partial charge is 0.244 e. The van der Waals surface area contributed by atoms with Crippen molar-refractivity contribution in [2.45, 2.75) is 6.54 Å². The highest BCUT2D eigenvalue weighted by Gasteiger charge is 1.99. The molecule has 0 atom stereocenters. The van der Waals surface area contributed by atoms with Crippen molar-refractivity contribution in [2.24, 2.45) is 0 Å². The molecule has 0 aliphatic rings. The van der Waals surface area contributed by atoms with Gasteiger partial charge in [0.05, 0.1) is 0 Å². The van der Waals surface area contributed by atoms with Gasteiger partial charge in [0.15, 0.2) is 0 Å². The molecule has 1 N–H and O–H groups in total. The van der Waals surface area contributed by atoms with Crippen LogP contribution in [0.25, 0.3) is 6.08 Å². The highest BCUT2D eigenvalue weighted by atomic mass is 35.5. The number of benzene rings is 2. The summed E-state index contributed by atoms with van der Waals surface area (Å²) in [5.74, 6) is -0.167. The van der Waals surface area contributed by atoms with E-state index in [-0.39, 0.29) is 5.91 Å². The zero-order chi connectivity index (χ0) is 14.4. The third kappa shape index (κ3) is 4.41. The van der Waals surface area contributed by atoms with Gasteiger partial charge in [-0.25, -0.2) is 0 Å². The van der Waals surface area contributed by atoms with Crippen LogP contribution in [0.15, 0.2) is 54.6 Å². The monoisotopic (exact) mass is 305 g/mol. The van der Waals surface area contributed by atoms with Crippen LogP contribution in [0.2, 0.25) is 10.0 Å². The average molecular weight is 306 g/mol. The van der Waals surface area contributed by atoms with E-state index < -0.39 is 0 Å². The second-order valence-corrected chi connectivity index (χ2v) is 5.05. The summed E-state index contributed by atoms with van der Waals surface area (Å²) in [5, 5.41) is 3.89. The Morgan fingerprint density at radius 1 is 1.10 bits per heavy atom. The van der Waals surface area contributed by atoms with E-state index >= 15 is 0 Å². The largest absolute Gasteiger partial charge is 0.348 e. The summed E-state index contributed by atoms with van der Waals surface area (Å²) >= 11 is 11.8. The predicted molar refractivity (Wildman–Crippen MR) is 83.8 cm³/mol. The molecule has 0 unspecified atom stereocenters. The predicted octanol–water partition coefficient (Wildman–Crippen LogP) is 4.32. The molecule has 0 fully saturated rings. The molecule has 0 spiro atoms. The van der Waals surface area contributed by atoms with E-state index in [1.54, 1.807) is 24.3 Å². The van der Waals surface area contributed by atoms with Gasteiger partial charge in [-0.3, -0.25) is 4.79 Å². The summed E-state index contributed by atoms with van der Waals surface area (Å²) in [5.41, 5.74) is 1.81. The summed E-state index contributed by atoms with van der Waals surface area (Å²) < 4.78 is 0. The maximum Gasteiger partial charge on any atom is 0.244 e. The topological polar surface area (TPSA) is 29.1 Å². The van der Waals surface area contributed by atoms with Crippen molar-refractivity contribution in [1.82, 2.24) is 5.32 Å². The molecule has 0 aliphatic carbocycles. The van der Waals surface area contributed by atoms with Crippen LogP contribution in [0.4, 0.5) is 0 Å². The van der Waals surface area contributed by atoms with Crippen LogP contribution in [0.5, 0.6) is 0 Å². The van der Waals surface area contributed by atoms with Crippen LogP contribution in [0, 0.1) is 0 Å². The Morgan fingerprint density at radius 3 is 2.55 bits per heavy atom. The van der Waals surface area contributed by atoms with Crippen molar-refractivity contribution >= 4 is 35.2 Å². The van der Waals surface area contributed by atoms with Crippen LogP contribution in [0.1, 0.15) is 11.1 Å². The number of nitrogens with one attached hydrogen (secondary N) is 1. The van der Waals surface area contributed by atoms with Gasteiger partial charge in [-0.15, -0.1) is 0 Å². The molecule has 0 bridgehead atoms. The fraction of sp³-hybridized carbons (Fsp3) is 0.0625. The highest BCUT2D eigenvalue weighted by Crippen LogP contribution is 2.21. The second kappa shape index (κ2) is 7.13. The number of hydrogen-bond acceptors (Lipinski definition) is 1. The van der Waals surface area contributed by atoms with E-state index in [1.807, 2.05) is 30.3 Å². The molecule has 2 aromatic carbocycles. The number of halogens is 2. The molecule has 0 aliphatic heterocycles. The summed E-state index contributed by atoms with van der Waals surface area (Å²) in [6, 6.07) is 14.9. The molecular weight excluding hydrogens is 293 g/mol. The maximum atomic E-state index is 11.7. The normalized spacial score (nSPS) is 10.7. The number of rotatable bonds is 4. The molecule has 4 heteroatoms. The molecule has 2 rings (SSSR count). The van der Waals surface area contributed by atoms with Crippen LogP contribution < -0.4 is 5.32 Å². The third-order valence-electron chi connectivity index (χ3n) is 2.69. The first-order valence-electron chi connectivity index (χ1n) is 6.10. The summed E-state index contributed by atoms with van der Waals surface area (Å²) in [7, 11) is 0. The summed E-state index contributed by atoms with van der Waals surface area (Å²) in [6.45, 7) is 0.498. The zero-order valence-electron chi connectivity index (χ0n) is 10.6. The first-order chi connectivity index (χ1) is 9.65. The van der Waals surface area contributed by atoms with Gasteiger partial charge in [0.2, 0.25) is 5.91 Å². The lowest BCUT2D eigenvalue weighted by Gasteiger charge is -2.02. The molecule has 0 radical (unpaired) electrons. The molecule has 2 aromatic rings. The van der Waals surface area contributed by atoms with E-state index in [2.05, 4.69) is 5.32 Å². The van der Waals surface area contributed by atoms with Crippen molar-refractivity contribution in [3.05, 3.63) is 75.8 Å². The lowest BCUT2D eigenvalue weighted by molar-refractivity contribution is -0.116. The molecule has 0 heterocycles. The van der Waals surface area contributed by atoms with Crippen LogP contribution in [-0.4, -0.2) is 5.91 Å². The molecule has 0 aromatic heterocycles. The van der Waals surface area contributed by atoms with Gasteiger partial charge < -0.3 is 5.32 Å². The van der Waals surface area contributed by atoms with E-state index in [4.69, 9.17) is 23.2 Å². The van der Waals surface area contributed by atoms with Gasteiger partial charge in [-0.1, -0.05) is 59.6 Å². The fourth-order valence-electron chi connectivity index (χ4n) is 1.65. The van der Waals surface area contributed by atoms with Crippen molar-refractivity contribution in [2.75, 3.05) is 0 Å². The second-order valence-electron chi connectivity index (χ2n) is 4.20. The van der Waals surface area contributed by atoms with E-state index in [0.717, 1.165) is 11.1 Å². The van der Waals surface area contributed by atoms with Crippen LogP contribution in [0.3, 0.4) is 0 Å². The average Bonchev–Trinajstić information content (AvgIpc) is 2.45. The first-order valence-corrected chi connectivity index (χ1v) is 6.85. The van der Waals surface area contributed by atoms with Crippen molar-refractivity contribution in [1.29, 1.82) is 0 Å². The standard InChI is InChI=1S/C16H13Cl2NO/c17-14-8-6-13(15(18)10-14)7-9-16(20)19-11-12-4-2-1-3-5-12/h1-10H,11H2,(H,19,20). The maximum absolute atomic E-state index is 11.7.